The number of nitriles is 1. The molecule has 0 radical (unpaired) electrons. The van der Waals surface area contributed by atoms with Crippen molar-refractivity contribution in [1.29, 1.82) is 5.26 Å². The fraction of sp³-hybridized carbons (Fsp3) is 0.357. The monoisotopic (exact) mass is 286 g/mol. The number of aryl methyl sites for hydroxylation is 1. The maximum absolute atomic E-state index is 8.80. The molecule has 2 aromatic rings. The van der Waals surface area contributed by atoms with Crippen LogP contribution in [0.25, 0.3) is 0 Å². The summed E-state index contributed by atoms with van der Waals surface area (Å²) in [5.74, 6) is 0.718. The third kappa shape index (κ3) is 2.79. The van der Waals surface area contributed by atoms with Crippen molar-refractivity contribution in [2.45, 2.75) is 19.6 Å². The van der Waals surface area contributed by atoms with Crippen LogP contribution in [0.3, 0.4) is 0 Å². The zero-order chi connectivity index (χ0) is 13.9. The van der Waals surface area contributed by atoms with Gasteiger partial charge in [-0.05, 0) is 13.0 Å². The molecule has 0 bridgehead atoms. The van der Waals surface area contributed by atoms with Crippen LogP contribution in [0.5, 0.6) is 5.75 Å². The zero-order valence-electron chi connectivity index (χ0n) is 11.1. The highest BCUT2D eigenvalue weighted by molar-refractivity contribution is 7.09. The van der Waals surface area contributed by atoms with Crippen molar-refractivity contribution in [3.05, 3.63) is 40.1 Å². The third-order valence-corrected chi connectivity index (χ3v) is 4.20. The molecular weight excluding hydrogens is 272 g/mol. The molecule has 0 spiro atoms. The van der Waals surface area contributed by atoms with E-state index in [0.717, 1.165) is 31.1 Å². The second-order valence-electron chi connectivity index (χ2n) is 4.78. The van der Waals surface area contributed by atoms with Crippen LogP contribution in [0.2, 0.25) is 0 Å². The first-order valence-corrected chi connectivity index (χ1v) is 7.26. The SMILES string of the molecule is Cc1ncsc1CN1CC(Oc2ccnc(C#N)c2)C1. The Hall–Kier alpha value is -1.97. The van der Waals surface area contributed by atoms with Gasteiger partial charge in [0.1, 0.15) is 23.6 Å². The summed E-state index contributed by atoms with van der Waals surface area (Å²) in [5, 5.41) is 8.80. The molecule has 0 saturated carbocycles. The molecule has 5 nitrogen and oxygen atoms in total. The summed E-state index contributed by atoms with van der Waals surface area (Å²) in [6, 6.07) is 5.48. The van der Waals surface area contributed by atoms with Gasteiger partial charge in [-0.25, -0.2) is 9.97 Å². The molecule has 0 unspecified atom stereocenters. The van der Waals surface area contributed by atoms with Gasteiger partial charge in [-0.2, -0.15) is 5.26 Å². The van der Waals surface area contributed by atoms with Crippen molar-refractivity contribution in [2.24, 2.45) is 0 Å². The van der Waals surface area contributed by atoms with Gasteiger partial charge in [0.25, 0.3) is 0 Å². The number of pyridine rings is 1. The zero-order valence-corrected chi connectivity index (χ0v) is 11.9. The van der Waals surface area contributed by atoms with Crippen LogP contribution in [-0.2, 0) is 6.54 Å². The quantitative estimate of drug-likeness (QED) is 0.860. The molecule has 1 aliphatic rings. The second kappa shape index (κ2) is 5.57. The van der Waals surface area contributed by atoms with E-state index in [4.69, 9.17) is 10.00 Å². The maximum atomic E-state index is 8.80. The van der Waals surface area contributed by atoms with E-state index in [1.807, 2.05) is 18.5 Å². The van der Waals surface area contributed by atoms with Gasteiger partial charge < -0.3 is 4.74 Å². The van der Waals surface area contributed by atoms with E-state index in [-0.39, 0.29) is 6.10 Å². The Labute approximate surface area is 121 Å². The molecule has 102 valence electrons. The van der Waals surface area contributed by atoms with Gasteiger partial charge in [0.15, 0.2) is 0 Å². The maximum Gasteiger partial charge on any atom is 0.144 e. The lowest BCUT2D eigenvalue weighted by atomic mass is 10.1. The smallest absolute Gasteiger partial charge is 0.144 e. The molecule has 3 rings (SSSR count). The van der Waals surface area contributed by atoms with E-state index in [1.165, 1.54) is 4.88 Å². The van der Waals surface area contributed by atoms with Crippen molar-refractivity contribution in [3.8, 4) is 11.8 Å². The van der Waals surface area contributed by atoms with E-state index in [9.17, 15) is 0 Å². The average Bonchev–Trinajstić information content (AvgIpc) is 2.82. The summed E-state index contributed by atoms with van der Waals surface area (Å²) in [5.41, 5.74) is 3.39. The number of hydrogen-bond acceptors (Lipinski definition) is 6. The van der Waals surface area contributed by atoms with Gasteiger partial charge >= 0.3 is 0 Å². The number of likely N-dealkylation sites (tertiary alicyclic amines) is 1. The first kappa shape index (κ1) is 13.0. The fourth-order valence-electron chi connectivity index (χ4n) is 2.15. The van der Waals surface area contributed by atoms with Crippen LogP contribution in [-0.4, -0.2) is 34.1 Å². The number of aromatic nitrogens is 2. The van der Waals surface area contributed by atoms with Gasteiger partial charge in [0.05, 0.1) is 11.2 Å². The number of rotatable bonds is 4. The Balaban J connectivity index is 1.51. The molecule has 0 N–H and O–H groups in total. The molecule has 0 amide bonds. The lowest BCUT2D eigenvalue weighted by molar-refractivity contribution is 0.0150. The van der Waals surface area contributed by atoms with Crippen LogP contribution < -0.4 is 4.74 Å². The molecule has 0 aliphatic carbocycles. The number of hydrogen-bond donors (Lipinski definition) is 0. The van der Waals surface area contributed by atoms with E-state index in [1.54, 1.807) is 29.7 Å². The molecular formula is C14H14N4OS. The molecule has 1 fully saturated rings. The topological polar surface area (TPSA) is 62.0 Å². The minimum atomic E-state index is 0.192. The lowest BCUT2D eigenvalue weighted by Crippen LogP contribution is -2.53. The minimum Gasteiger partial charge on any atom is -0.488 e. The Kier molecular flexibility index (Phi) is 3.63. The Morgan fingerprint density at radius 3 is 3.05 bits per heavy atom. The highest BCUT2D eigenvalue weighted by Gasteiger charge is 2.29. The standard InChI is InChI=1S/C14H14N4OS/c1-10-14(20-9-17-10)8-18-6-13(7-18)19-12-2-3-16-11(4-12)5-15/h2-4,9,13H,6-8H2,1H3. The first-order valence-electron chi connectivity index (χ1n) is 6.38. The largest absolute Gasteiger partial charge is 0.488 e. The summed E-state index contributed by atoms with van der Waals surface area (Å²) < 4.78 is 5.83. The highest BCUT2D eigenvalue weighted by atomic mass is 32.1. The molecule has 6 heteroatoms. The summed E-state index contributed by atoms with van der Waals surface area (Å²) in [6.07, 6.45) is 1.79. The third-order valence-electron chi connectivity index (χ3n) is 3.28. The van der Waals surface area contributed by atoms with E-state index in [2.05, 4.69) is 14.9 Å². The van der Waals surface area contributed by atoms with Crippen LogP contribution in [0.4, 0.5) is 0 Å². The molecule has 2 aromatic heterocycles. The molecule has 3 heterocycles. The van der Waals surface area contributed by atoms with E-state index < -0.39 is 0 Å². The second-order valence-corrected chi connectivity index (χ2v) is 5.72. The van der Waals surface area contributed by atoms with Crippen LogP contribution >= 0.6 is 11.3 Å². The summed E-state index contributed by atoms with van der Waals surface area (Å²) in [7, 11) is 0. The first-order chi connectivity index (χ1) is 9.74. The lowest BCUT2D eigenvalue weighted by Gasteiger charge is -2.38. The van der Waals surface area contributed by atoms with E-state index in [0.29, 0.717) is 5.69 Å². The van der Waals surface area contributed by atoms with Crippen LogP contribution in [0.1, 0.15) is 16.3 Å². The average molecular weight is 286 g/mol. The van der Waals surface area contributed by atoms with Crippen molar-refractivity contribution >= 4 is 11.3 Å². The Morgan fingerprint density at radius 1 is 1.50 bits per heavy atom. The predicted molar refractivity (Wildman–Crippen MR) is 75.5 cm³/mol. The van der Waals surface area contributed by atoms with Gasteiger partial charge in [-0.3, -0.25) is 4.90 Å². The number of ether oxygens (including phenoxy) is 1. The minimum absolute atomic E-state index is 0.192. The number of nitrogens with zero attached hydrogens (tertiary/aromatic N) is 4. The normalized spacial score (nSPS) is 15.6. The summed E-state index contributed by atoms with van der Waals surface area (Å²) in [4.78, 5) is 11.8. The highest BCUT2D eigenvalue weighted by Crippen LogP contribution is 2.22. The van der Waals surface area contributed by atoms with Crippen molar-refractivity contribution < 1.29 is 4.74 Å². The van der Waals surface area contributed by atoms with Crippen molar-refractivity contribution in [2.75, 3.05) is 13.1 Å². The Morgan fingerprint density at radius 2 is 2.35 bits per heavy atom. The summed E-state index contributed by atoms with van der Waals surface area (Å²) >= 11 is 1.70. The molecule has 1 saturated heterocycles. The molecule has 0 atom stereocenters. The van der Waals surface area contributed by atoms with Crippen LogP contribution in [0.15, 0.2) is 23.8 Å². The predicted octanol–water partition coefficient (Wildman–Crippen LogP) is 1.98. The van der Waals surface area contributed by atoms with Crippen molar-refractivity contribution in [1.82, 2.24) is 14.9 Å². The summed E-state index contributed by atoms with van der Waals surface area (Å²) in [6.45, 7) is 4.79. The van der Waals surface area contributed by atoms with Gasteiger partial charge in [-0.15, -0.1) is 11.3 Å². The number of thiazole rings is 1. The fourth-order valence-corrected chi connectivity index (χ4v) is 2.96. The Bertz CT molecular complexity index is 643. The molecule has 1 aliphatic heterocycles. The molecule has 0 aromatic carbocycles. The molecule has 20 heavy (non-hydrogen) atoms. The van der Waals surface area contributed by atoms with E-state index >= 15 is 0 Å². The van der Waals surface area contributed by atoms with Gasteiger partial charge in [-0.1, -0.05) is 0 Å². The van der Waals surface area contributed by atoms with Crippen molar-refractivity contribution in [3.63, 3.8) is 0 Å². The van der Waals surface area contributed by atoms with Gasteiger partial charge in [0, 0.05) is 36.8 Å². The van der Waals surface area contributed by atoms with Gasteiger partial charge in [0.2, 0.25) is 0 Å². The van der Waals surface area contributed by atoms with Crippen LogP contribution in [0, 0.1) is 18.3 Å².